The Hall–Kier alpha value is -0.610. The second kappa shape index (κ2) is 5.64. The molecule has 4 nitrogen and oxygen atoms in total. The van der Waals surface area contributed by atoms with Crippen molar-refractivity contribution in [3.8, 4) is 0 Å². The van der Waals surface area contributed by atoms with Crippen LogP contribution in [0.5, 0.6) is 0 Å². The van der Waals surface area contributed by atoms with Gasteiger partial charge in [-0.1, -0.05) is 19.3 Å². The van der Waals surface area contributed by atoms with E-state index >= 15 is 0 Å². The summed E-state index contributed by atoms with van der Waals surface area (Å²) in [6, 6.07) is 0.257. The van der Waals surface area contributed by atoms with Crippen molar-refractivity contribution in [3.05, 3.63) is 0 Å². The summed E-state index contributed by atoms with van der Waals surface area (Å²) < 4.78 is 5.25. The van der Waals surface area contributed by atoms with Crippen molar-refractivity contribution in [2.75, 3.05) is 13.2 Å². The summed E-state index contributed by atoms with van der Waals surface area (Å²) in [7, 11) is 0. The van der Waals surface area contributed by atoms with Gasteiger partial charge in [-0.25, -0.2) is 0 Å². The fourth-order valence-electron chi connectivity index (χ4n) is 2.62. The van der Waals surface area contributed by atoms with E-state index in [1.807, 2.05) is 0 Å². The molecule has 3 atom stereocenters. The molecule has 3 N–H and O–H groups in total. The Kier molecular flexibility index (Phi) is 4.18. The molecule has 0 spiro atoms. The van der Waals surface area contributed by atoms with Gasteiger partial charge in [-0.2, -0.15) is 0 Å². The quantitative estimate of drug-likeness (QED) is 0.684. The third kappa shape index (κ3) is 2.95. The molecule has 1 heterocycles. The summed E-state index contributed by atoms with van der Waals surface area (Å²) >= 11 is 0. The molecule has 1 aliphatic carbocycles. The predicted molar refractivity (Wildman–Crippen MR) is 61.9 cm³/mol. The molecule has 4 heteroatoms. The van der Waals surface area contributed by atoms with Gasteiger partial charge >= 0.3 is 0 Å². The Morgan fingerprint density at radius 2 is 2.00 bits per heavy atom. The van der Waals surface area contributed by atoms with E-state index in [9.17, 15) is 4.79 Å². The van der Waals surface area contributed by atoms with E-state index in [1.165, 1.54) is 6.42 Å². The molecule has 1 saturated heterocycles. The van der Waals surface area contributed by atoms with Crippen LogP contribution in [0.25, 0.3) is 0 Å². The number of carbonyl (C=O) groups is 1. The molecule has 1 aliphatic heterocycles. The molecule has 2 rings (SSSR count). The maximum Gasteiger partial charge on any atom is 0.224 e. The first-order chi connectivity index (χ1) is 7.77. The average Bonchev–Trinajstić information content (AvgIpc) is 2.66. The molecule has 0 aromatic rings. The van der Waals surface area contributed by atoms with Gasteiger partial charge in [-0.3, -0.25) is 4.79 Å². The summed E-state index contributed by atoms with van der Waals surface area (Å²) in [5.74, 6) is 0.160. The molecule has 16 heavy (non-hydrogen) atoms. The zero-order chi connectivity index (χ0) is 11.4. The zero-order valence-corrected chi connectivity index (χ0v) is 9.78. The van der Waals surface area contributed by atoms with Crippen molar-refractivity contribution < 1.29 is 9.53 Å². The predicted octanol–water partition coefficient (Wildman–Crippen LogP) is 0.799. The summed E-state index contributed by atoms with van der Waals surface area (Å²) in [5, 5.41) is 3.06. The largest absolute Gasteiger partial charge is 0.379 e. The van der Waals surface area contributed by atoms with Gasteiger partial charge in [0, 0.05) is 12.6 Å². The minimum absolute atomic E-state index is 0.0168. The van der Waals surface area contributed by atoms with Gasteiger partial charge in [0.2, 0.25) is 5.91 Å². The monoisotopic (exact) mass is 226 g/mol. The van der Waals surface area contributed by atoms with Crippen molar-refractivity contribution in [1.29, 1.82) is 0 Å². The number of amides is 1. The molecule has 0 aromatic heterocycles. The van der Waals surface area contributed by atoms with Gasteiger partial charge in [-0.05, 0) is 19.3 Å². The summed E-state index contributed by atoms with van der Waals surface area (Å²) in [6.07, 6.45) is 6.38. The highest BCUT2D eigenvalue weighted by Crippen LogP contribution is 2.22. The Balaban J connectivity index is 1.85. The van der Waals surface area contributed by atoms with Gasteiger partial charge < -0.3 is 15.8 Å². The first-order valence-corrected chi connectivity index (χ1v) is 6.41. The van der Waals surface area contributed by atoms with Crippen LogP contribution in [0.3, 0.4) is 0 Å². The molecular formula is C12H22N2O2. The highest BCUT2D eigenvalue weighted by atomic mass is 16.5. The molecule has 1 amide bonds. The lowest BCUT2D eigenvalue weighted by molar-refractivity contribution is -0.126. The average molecular weight is 226 g/mol. The second-order valence-electron chi connectivity index (χ2n) is 4.98. The van der Waals surface area contributed by atoms with Crippen LogP contribution in [-0.4, -0.2) is 31.2 Å². The third-order valence-corrected chi connectivity index (χ3v) is 3.68. The number of rotatable bonds is 2. The van der Waals surface area contributed by atoms with Crippen LogP contribution in [0.15, 0.2) is 0 Å². The summed E-state index contributed by atoms with van der Waals surface area (Å²) in [6.45, 7) is 1.43. The molecular weight excluding hydrogens is 204 g/mol. The number of nitrogens with one attached hydrogen (secondary N) is 1. The summed E-state index contributed by atoms with van der Waals surface area (Å²) in [5.41, 5.74) is 6.06. The first-order valence-electron chi connectivity index (χ1n) is 6.41. The van der Waals surface area contributed by atoms with Crippen LogP contribution in [0.4, 0.5) is 0 Å². The number of hydrogen-bond acceptors (Lipinski definition) is 3. The normalized spacial score (nSPS) is 35.7. The Labute approximate surface area is 96.9 Å². The van der Waals surface area contributed by atoms with E-state index in [0.29, 0.717) is 6.61 Å². The molecule has 92 valence electrons. The number of ether oxygens (including phenoxy) is 1. The smallest absolute Gasteiger partial charge is 0.224 e. The van der Waals surface area contributed by atoms with Gasteiger partial charge in [-0.15, -0.1) is 0 Å². The molecule has 0 aromatic carbocycles. The van der Waals surface area contributed by atoms with E-state index in [0.717, 1.165) is 38.7 Å². The van der Waals surface area contributed by atoms with Crippen LogP contribution in [0.1, 0.15) is 38.5 Å². The minimum atomic E-state index is 0.0168. The standard InChI is InChI=1S/C12H22N2O2/c13-11-5-3-1-2-4-10(11)12(15)14-9-6-7-16-8-9/h9-11H,1-8,13H2,(H,14,15). The fourth-order valence-corrected chi connectivity index (χ4v) is 2.62. The van der Waals surface area contributed by atoms with Crippen LogP contribution in [0.2, 0.25) is 0 Å². The van der Waals surface area contributed by atoms with Crippen molar-refractivity contribution >= 4 is 5.91 Å². The number of carbonyl (C=O) groups excluding carboxylic acids is 1. The van der Waals surface area contributed by atoms with Crippen LogP contribution < -0.4 is 11.1 Å². The SMILES string of the molecule is NC1CCCCCC1C(=O)NC1CCOC1. The van der Waals surface area contributed by atoms with Gasteiger partial charge in [0.15, 0.2) is 0 Å². The fraction of sp³-hybridized carbons (Fsp3) is 0.917. The molecule has 2 fully saturated rings. The van der Waals surface area contributed by atoms with Crippen LogP contribution in [0, 0.1) is 5.92 Å². The maximum absolute atomic E-state index is 12.1. The van der Waals surface area contributed by atoms with Crippen LogP contribution >= 0.6 is 0 Å². The minimum Gasteiger partial charge on any atom is -0.379 e. The molecule has 2 aliphatic rings. The van der Waals surface area contributed by atoms with Crippen molar-refractivity contribution in [2.24, 2.45) is 11.7 Å². The van der Waals surface area contributed by atoms with Gasteiger partial charge in [0.25, 0.3) is 0 Å². The van der Waals surface area contributed by atoms with E-state index in [2.05, 4.69) is 5.32 Å². The lowest BCUT2D eigenvalue weighted by Gasteiger charge is -2.22. The van der Waals surface area contributed by atoms with E-state index in [1.54, 1.807) is 0 Å². The zero-order valence-electron chi connectivity index (χ0n) is 9.78. The highest BCUT2D eigenvalue weighted by molar-refractivity contribution is 5.79. The Morgan fingerprint density at radius 1 is 1.19 bits per heavy atom. The van der Waals surface area contributed by atoms with Crippen molar-refractivity contribution in [1.82, 2.24) is 5.32 Å². The van der Waals surface area contributed by atoms with Crippen LogP contribution in [-0.2, 0) is 9.53 Å². The lowest BCUT2D eigenvalue weighted by Crippen LogP contribution is -2.45. The van der Waals surface area contributed by atoms with Gasteiger partial charge in [0.05, 0.1) is 18.6 Å². The molecule has 1 saturated carbocycles. The maximum atomic E-state index is 12.1. The van der Waals surface area contributed by atoms with Crippen molar-refractivity contribution in [2.45, 2.75) is 50.6 Å². The molecule has 3 unspecified atom stereocenters. The van der Waals surface area contributed by atoms with E-state index in [-0.39, 0.29) is 23.9 Å². The molecule has 0 radical (unpaired) electrons. The van der Waals surface area contributed by atoms with E-state index < -0.39 is 0 Å². The topological polar surface area (TPSA) is 64.4 Å². The van der Waals surface area contributed by atoms with Gasteiger partial charge in [0.1, 0.15) is 0 Å². The number of hydrogen-bond donors (Lipinski definition) is 2. The van der Waals surface area contributed by atoms with Crippen molar-refractivity contribution in [3.63, 3.8) is 0 Å². The Bertz CT molecular complexity index is 239. The summed E-state index contributed by atoms with van der Waals surface area (Å²) in [4.78, 5) is 12.1. The Morgan fingerprint density at radius 3 is 2.75 bits per heavy atom. The highest BCUT2D eigenvalue weighted by Gasteiger charge is 2.29. The third-order valence-electron chi connectivity index (χ3n) is 3.68. The second-order valence-corrected chi connectivity index (χ2v) is 4.98. The number of nitrogens with two attached hydrogens (primary N) is 1. The van der Waals surface area contributed by atoms with E-state index in [4.69, 9.17) is 10.5 Å². The molecule has 0 bridgehead atoms. The lowest BCUT2D eigenvalue weighted by atomic mass is 9.94. The first kappa shape index (κ1) is 11.9.